The van der Waals surface area contributed by atoms with E-state index in [1.165, 1.54) is 24.3 Å². The van der Waals surface area contributed by atoms with E-state index in [1.54, 1.807) is 24.3 Å². The minimum Gasteiger partial charge on any atom is -0.436 e. The van der Waals surface area contributed by atoms with Crippen molar-refractivity contribution in [3.8, 4) is 11.5 Å². The second kappa shape index (κ2) is 6.85. The summed E-state index contributed by atoms with van der Waals surface area (Å²) in [4.78, 5) is 16.7. The Balaban J connectivity index is 1.61. The molecule has 0 bridgehead atoms. The minimum absolute atomic E-state index is 0.330. The van der Waals surface area contributed by atoms with Crippen LogP contribution >= 0.6 is 11.6 Å². The molecule has 0 aliphatic rings. The molecule has 27 heavy (non-hydrogen) atoms. The Morgan fingerprint density at radius 1 is 1.07 bits per heavy atom. The summed E-state index contributed by atoms with van der Waals surface area (Å²) in [5.74, 6) is -0.267. The zero-order valence-corrected chi connectivity index (χ0v) is 15.0. The Morgan fingerprint density at radius 2 is 1.85 bits per heavy atom. The number of benzene rings is 3. The molecule has 0 aliphatic heterocycles. The van der Waals surface area contributed by atoms with Gasteiger partial charge in [0.25, 0.3) is 5.91 Å². The fraction of sp³-hybridized carbons (Fsp3) is 0.0476. The molecular weight excluding hydrogens is 367 g/mol. The van der Waals surface area contributed by atoms with Crippen LogP contribution in [0, 0.1) is 12.7 Å². The van der Waals surface area contributed by atoms with Crippen LogP contribution in [-0.4, -0.2) is 10.9 Å². The molecule has 3 aromatic carbocycles. The molecule has 0 spiro atoms. The fourth-order valence-electron chi connectivity index (χ4n) is 2.66. The summed E-state index contributed by atoms with van der Waals surface area (Å²) in [5.41, 5.74) is 3.89. The molecule has 1 N–H and O–H groups in total. The first-order valence-corrected chi connectivity index (χ1v) is 8.61. The van der Waals surface area contributed by atoms with Crippen molar-refractivity contribution in [2.75, 3.05) is 5.32 Å². The molecule has 134 valence electrons. The number of halogens is 2. The van der Waals surface area contributed by atoms with Crippen molar-refractivity contribution in [2.24, 2.45) is 0 Å². The van der Waals surface area contributed by atoms with Gasteiger partial charge in [-0.25, -0.2) is 9.37 Å². The summed E-state index contributed by atoms with van der Waals surface area (Å²) in [7, 11) is 0. The molecular formula is C21H14ClFN2O2. The zero-order chi connectivity index (χ0) is 19.0. The van der Waals surface area contributed by atoms with E-state index in [0.29, 0.717) is 33.3 Å². The van der Waals surface area contributed by atoms with Gasteiger partial charge in [0.15, 0.2) is 5.58 Å². The highest BCUT2D eigenvalue weighted by Gasteiger charge is 2.12. The number of nitrogens with one attached hydrogen (secondary N) is 1. The van der Waals surface area contributed by atoms with E-state index in [1.807, 2.05) is 19.1 Å². The molecule has 4 nitrogen and oxygen atoms in total. The predicted octanol–water partition coefficient (Wildman–Crippen LogP) is 5.85. The molecule has 1 heterocycles. The Labute approximate surface area is 159 Å². The number of oxazole rings is 1. The van der Waals surface area contributed by atoms with E-state index in [0.717, 1.165) is 11.1 Å². The third kappa shape index (κ3) is 3.55. The molecule has 0 aliphatic carbocycles. The van der Waals surface area contributed by atoms with Gasteiger partial charge < -0.3 is 9.73 Å². The number of aromatic nitrogens is 1. The van der Waals surface area contributed by atoms with Gasteiger partial charge >= 0.3 is 0 Å². The number of anilines is 1. The number of nitrogens with zero attached hydrogens (tertiary/aromatic N) is 1. The van der Waals surface area contributed by atoms with Crippen molar-refractivity contribution < 1.29 is 13.6 Å². The van der Waals surface area contributed by atoms with Gasteiger partial charge in [0.05, 0.1) is 0 Å². The van der Waals surface area contributed by atoms with Crippen molar-refractivity contribution in [3.63, 3.8) is 0 Å². The van der Waals surface area contributed by atoms with Crippen molar-refractivity contribution in [2.45, 2.75) is 6.92 Å². The highest BCUT2D eigenvalue weighted by Crippen LogP contribution is 2.29. The van der Waals surface area contributed by atoms with Crippen LogP contribution < -0.4 is 5.32 Å². The topological polar surface area (TPSA) is 55.1 Å². The molecule has 0 saturated heterocycles. The number of hydrogen-bond donors (Lipinski definition) is 1. The maximum absolute atomic E-state index is 13.0. The van der Waals surface area contributed by atoms with Crippen molar-refractivity contribution in [1.82, 2.24) is 4.98 Å². The van der Waals surface area contributed by atoms with Crippen LogP contribution in [-0.2, 0) is 0 Å². The van der Waals surface area contributed by atoms with Crippen LogP contribution in [0.3, 0.4) is 0 Å². The fourth-order valence-corrected chi connectivity index (χ4v) is 2.84. The third-order valence-corrected chi connectivity index (χ3v) is 4.58. The predicted molar refractivity (Wildman–Crippen MR) is 104 cm³/mol. The summed E-state index contributed by atoms with van der Waals surface area (Å²) in [5, 5.41) is 3.41. The number of amides is 1. The molecule has 1 aromatic heterocycles. The average molecular weight is 381 g/mol. The van der Waals surface area contributed by atoms with Crippen molar-refractivity contribution in [1.29, 1.82) is 0 Å². The summed E-state index contributed by atoms with van der Waals surface area (Å²) in [6.07, 6.45) is 0. The highest BCUT2D eigenvalue weighted by atomic mass is 35.5. The van der Waals surface area contributed by atoms with E-state index in [9.17, 15) is 9.18 Å². The largest absolute Gasteiger partial charge is 0.436 e. The van der Waals surface area contributed by atoms with Crippen LogP contribution in [0.5, 0.6) is 0 Å². The lowest BCUT2D eigenvalue weighted by Gasteiger charge is -2.04. The van der Waals surface area contributed by atoms with Gasteiger partial charge in [-0.05, 0) is 67.1 Å². The van der Waals surface area contributed by atoms with Gasteiger partial charge in [-0.2, -0.15) is 0 Å². The van der Waals surface area contributed by atoms with E-state index < -0.39 is 0 Å². The molecule has 1 amide bonds. The van der Waals surface area contributed by atoms with Crippen LogP contribution in [0.15, 0.2) is 65.1 Å². The first kappa shape index (κ1) is 17.2. The van der Waals surface area contributed by atoms with Crippen LogP contribution in [0.25, 0.3) is 22.6 Å². The van der Waals surface area contributed by atoms with Gasteiger partial charge in [0, 0.05) is 21.8 Å². The summed E-state index contributed by atoms with van der Waals surface area (Å²) < 4.78 is 18.8. The van der Waals surface area contributed by atoms with Crippen molar-refractivity contribution in [3.05, 3.63) is 82.6 Å². The van der Waals surface area contributed by atoms with Gasteiger partial charge in [0.2, 0.25) is 5.89 Å². The Morgan fingerprint density at radius 3 is 2.59 bits per heavy atom. The maximum atomic E-state index is 13.0. The number of rotatable bonds is 3. The normalized spacial score (nSPS) is 10.9. The van der Waals surface area contributed by atoms with E-state index in [-0.39, 0.29) is 11.7 Å². The van der Waals surface area contributed by atoms with E-state index >= 15 is 0 Å². The number of carbonyl (C=O) groups is 1. The molecule has 0 fully saturated rings. The molecule has 6 heteroatoms. The monoisotopic (exact) mass is 380 g/mol. The lowest BCUT2D eigenvalue weighted by molar-refractivity contribution is 0.102. The molecule has 0 atom stereocenters. The third-order valence-electron chi connectivity index (χ3n) is 4.17. The highest BCUT2D eigenvalue weighted by molar-refractivity contribution is 6.31. The Hall–Kier alpha value is -3.18. The summed E-state index contributed by atoms with van der Waals surface area (Å²) >= 11 is 6.17. The van der Waals surface area contributed by atoms with Crippen molar-refractivity contribution >= 4 is 34.3 Å². The quantitative estimate of drug-likeness (QED) is 0.485. The smallest absolute Gasteiger partial charge is 0.255 e. The van der Waals surface area contributed by atoms with Crippen LogP contribution in [0.1, 0.15) is 15.9 Å². The van der Waals surface area contributed by atoms with Gasteiger partial charge in [-0.3, -0.25) is 4.79 Å². The number of hydrogen-bond acceptors (Lipinski definition) is 3. The van der Waals surface area contributed by atoms with Gasteiger partial charge in [0.1, 0.15) is 11.3 Å². The van der Waals surface area contributed by atoms with E-state index in [2.05, 4.69) is 10.3 Å². The Bertz CT molecular complexity index is 1150. The average Bonchev–Trinajstić information content (AvgIpc) is 3.08. The summed E-state index contributed by atoms with van der Waals surface area (Å²) in [6.45, 7) is 1.92. The lowest BCUT2D eigenvalue weighted by atomic mass is 10.1. The first-order valence-electron chi connectivity index (χ1n) is 8.23. The molecule has 0 unspecified atom stereocenters. The number of carbonyl (C=O) groups excluding carboxylic acids is 1. The SMILES string of the molecule is Cc1ccc(-c2nc3cc(NC(=O)c4ccc(F)cc4)ccc3o2)cc1Cl. The molecule has 0 radical (unpaired) electrons. The van der Waals surface area contributed by atoms with Crippen LogP contribution in [0.2, 0.25) is 5.02 Å². The van der Waals surface area contributed by atoms with Gasteiger partial charge in [-0.1, -0.05) is 17.7 Å². The standard InChI is InChI=1S/C21H14ClFN2O2/c1-12-2-3-14(10-17(12)22)21-25-18-11-16(8-9-19(18)27-21)24-20(26)13-4-6-15(23)7-5-13/h2-11H,1H3,(H,24,26). The summed E-state index contributed by atoms with van der Waals surface area (Å²) in [6, 6.07) is 16.1. The maximum Gasteiger partial charge on any atom is 0.255 e. The minimum atomic E-state index is -0.390. The second-order valence-corrected chi connectivity index (χ2v) is 6.53. The number of fused-ring (bicyclic) bond motifs is 1. The Kier molecular flexibility index (Phi) is 4.38. The zero-order valence-electron chi connectivity index (χ0n) is 14.3. The molecule has 4 rings (SSSR count). The lowest BCUT2D eigenvalue weighted by Crippen LogP contribution is -2.11. The van der Waals surface area contributed by atoms with E-state index in [4.69, 9.17) is 16.0 Å². The van der Waals surface area contributed by atoms with Gasteiger partial charge in [-0.15, -0.1) is 0 Å². The molecule has 0 saturated carbocycles. The first-order chi connectivity index (χ1) is 13.0. The van der Waals surface area contributed by atoms with Crippen LogP contribution in [0.4, 0.5) is 10.1 Å². The second-order valence-electron chi connectivity index (χ2n) is 6.13. The number of aryl methyl sites for hydroxylation is 1. The molecule has 4 aromatic rings.